The van der Waals surface area contributed by atoms with Crippen LogP contribution in [0.3, 0.4) is 0 Å². The number of rotatable bonds is 2. The van der Waals surface area contributed by atoms with Gasteiger partial charge in [0.1, 0.15) is 5.82 Å². The lowest BCUT2D eigenvalue weighted by Crippen LogP contribution is -2.55. The van der Waals surface area contributed by atoms with Gasteiger partial charge in [0, 0.05) is 18.7 Å². The number of morpholine rings is 1. The number of hydrogen-bond acceptors (Lipinski definition) is 2. The van der Waals surface area contributed by atoms with E-state index in [0.29, 0.717) is 24.5 Å². The zero-order chi connectivity index (χ0) is 14.0. The van der Waals surface area contributed by atoms with Crippen LogP contribution in [0.4, 0.5) is 4.39 Å². The van der Waals surface area contributed by atoms with Gasteiger partial charge in [-0.2, -0.15) is 0 Å². The highest BCUT2D eigenvalue weighted by atomic mass is 35.5. The molecule has 0 bridgehead atoms. The Labute approximate surface area is 117 Å². The molecule has 0 radical (unpaired) electrons. The minimum absolute atomic E-state index is 0.119. The number of carbonyl (C=O) groups is 1. The van der Waals surface area contributed by atoms with Gasteiger partial charge in [-0.15, -0.1) is 11.6 Å². The molecular formula is C14H17ClFNO2. The maximum Gasteiger partial charge on any atom is 0.254 e. The first-order valence-electron chi connectivity index (χ1n) is 6.20. The van der Waals surface area contributed by atoms with E-state index in [0.717, 1.165) is 0 Å². The monoisotopic (exact) mass is 285 g/mol. The molecule has 5 heteroatoms. The third-order valence-corrected chi connectivity index (χ3v) is 3.38. The summed E-state index contributed by atoms with van der Waals surface area (Å²) in [4.78, 5) is 14.1. The molecule has 0 aliphatic carbocycles. The number of carbonyl (C=O) groups excluding carboxylic acids is 1. The Hall–Kier alpha value is -1.13. The standard InChI is InChI=1S/C14H17ClFNO2/c1-14(2)9-17(8-12(7-15)19-14)13(18)10-3-5-11(16)6-4-10/h3-6,12H,7-9H2,1-2H3. The van der Waals surface area contributed by atoms with Crippen LogP contribution in [0.15, 0.2) is 24.3 Å². The van der Waals surface area contributed by atoms with Crippen LogP contribution in [0.5, 0.6) is 0 Å². The highest BCUT2D eigenvalue weighted by molar-refractivity contribution is 6.18. The molecule has 0 spiro atoms. The SMILES string of the molecule is CC1(C)CN(C(=O)c2ccc(F)cc2)CC(CCl)O1. The third kappa shape index (κ3) is 3.45. The van der Waals surface area contributed by atoms with Crippen LogP contribution in [0.2, 0.25) is 0 Å². The lowest BCUT2D eigenvalue weighted by atomic mass is 10.0. The van der Waals surface area contributed by atoms with E-state index in [2.05, 4.69) is 0 Å². The molecule has 3 nitrogen and oxygen atoms in total. The van der Waals surface area contributed by atoms with E-state index in [1.807, 2.05) is 13.8 Å². The molecule has 1 heterocycles. The van der Waals surface area contributed by atoms with E-state index in [1.54, 1.807) is 4.90 Å². The van der Waals surface area contributed by atoms with Crippen LogP contribution < -0.4 is 0 Å². The summed E-state index contributed by atoms with van der Waals surface area (Å²) >= 11 is 5.83. The summed E-state index contributed by atoms with van der Waals surface area (Å²) in [6.07, 6.45) is -0.171. The molecule has 1 aliphatic heterocycles. The zero-order valence-corrected chi connectivity index (χ0v) is 11.8. The lowest BCUT2D eigenvalue weighted by Gasteiger charge is -2.42. The summed E-state index contributed by atoms with van der Waals surface area (Å²) in [6, 6.07) is 5.57. The van der Waals surface area contributed by atoms with Gasteiger partial charge in [-0.05, 0) is 38.1 Å². The topological polar surface area (TPSA) is 29.5 Å². The normalized spacial score (nSPS) is 22.3. The Morgan fingerprint density at radius 1 is 1.47 bits per heavy atom. The van der Waals surface area contributed by atoms with Crippen molar-refractivity contribution in [3.63, 3.8) is 0 Å². The van der Waals surface area contributed by atoms with Gasteiger partial charge in [-0.3, -0.25) is 4.79 Å². The number of halogens is 2. The van der Waals surface area contributed by atoms with E-state index in [4.69, 9.17) is 16.3 Å². The van der Waals surface area contributed by atoms with Crippen molar-refractivity contribution in [3.8, 4) is 0 Å². The van der Waals surface area contributed by atoms with Gasteiger partial charge in [0.05, 0.1) is 17.6 Å². The van der Waals surface area contributed by atoms with Gasteiger partial charge in [0.15, 0.2) is 0 Å². The van der Waals surface area contributed by atoms with Crippen LogP contribution in [0, 0.1) is 5.82 Å². The number of hydrogen-bond donors (Lipinski definition) is 0. The second-order valence-corrected chi connectivity index (χ2v) is 5.66. The maximum absolute atomic E-state index is 12.9. The Balaban J connectivity index is 2.16. The largest absolute Gasteiger partial charge is 0.367 e. The quantitative estimate of drug-likeness (QED) is 0.782. The van der Waals surface area contributed by atoms with Crippen molar-refractivity contribution >= 4 is 17.5 Å². The average molecular weight is 286 g/mol. The predicted octanol–water partition coefficient (Wildman–Crippen LogP) is 2.68. The highest BCUT2D eigenvalue weighted by Gasteiger charge is 2.35. The summed E-state index contributed by atoms with van der Waals surface area (Å²) in [5.74, 6) is -0.125. The summed E-state index contributed by atoms with van der Waals surface area (Å²) in [7, 11) is 0. The van der Waals surface area contributed by atoms with E-state index in [-0.39, 0.29) is 17.8 Å². The summed E-state index contributed by atoms with van der Waals surface area (Å²) in [6.45, 7) is 4.81. The molecule has 0 aromatic heterocycles. The number of nitrogens with zero attached hydrogens (tertiary/aromatic N) is 1. The van der Waals surface area contributed by atoms with Crippen LogP contribution >= 0.6 is 11.6 Å². The third-order valence-electron chi connectivity index (χ3n) is 3.03. The molecule has 0 N–H and O–H groups in total. The van der Waals surface area contributed by atoms with Gasteiger partial charge < -0.3 is 9.64 Å². The first kappa shape index (κ1) is 14.3. The zero-order valence-electron chi connectivity index (χ0n) is 11.0. The van der Waals surface area contributed by atoms with E-state index in [1.165, 1.54) is 24.3 Å². The summed E-state index contributed by atoms with van der Waals surface area (Å²) < 4.78 is 18.6. The number of benzene rings is 1. The van der Waals surface area contributed by atoms with Gasteiger partial charge in [-0.1, -0.05) is 0 Å². The molecule has 1 saturated heterocycles. The molecule has 1 aromatic carbocycles. The van der Waals surface area contributed by atoms with Crippen molar-refractivity contribution in [1.29, 1.82) is 0 Å². The molecule has 1 aromatic rings. The molecule has 1 fully saturated rings. The van der Waals surface area contributed by atoms with Gasteiger partial charge >= 0.3 is 0 Å². The van der Waals surface area contributed by atoms with Crippen LogP contribution in [0.25, 0.3) is 0 Å². The summed E-state index contributed by atoms with van der Waals surface area (Å²) in [5, 5.41) is 0. The molecule has 1 atom stereocenters. The Kier molecular flexibility index (Phi) is 4.11. The fourth-order valence-electron chi connectivity index (χ4n) is 2.31. The van der Waals surface area contributed by atoms with E-state index < -0.39 is 5.60 Å². The minimum atomic E-state index is -0.423. The summed E-state index contributed by atoms with van der Waals surface area (Å²) in [5.41, 5.74) is 0.0560. The molecular weight excluding hydrogens is 269 g/mol. The maximum atomic E-state index is 12.9. The predicted molar refractivity (Wildman–Crippen MR) is 72.0 cm³/mol. The molecule has 19 heavy (non-hydrogen) atoms. The average Bonchev–Trinajstić information content (AvgIpc) is 2.37. The Bertz CT molecular complexity index is 461. The Morgan fingerprint density at radius 2 is 2.11 bits per heavy atom. The van der Waals surface area contributed by atoms with Crippen LogP contribution in [-0.2, 0) is 4.74 Å². The molecule has 1 unspecified atom stereocenters. The molecule has 1 aliphatic rings. The molecule has 0 saturated carbocycles. The first-order valence-corrected chi connectivity index (χ1v) is 6.73. The second-order valence-electron chi connectivity index (χ2n) is 5.35. The second kappa shape index (κ2) is 5.47. The van der Waals surface area contributed by atoms with Crippen molar-refractivity contribution in [2.45, 2.75) is 25.6 Å². The number of amides is 1. The number of alkyl halides is 1. The fourth-order valence-corrected chi connectivity index (χ4v) is 2.47. The van der Waals surface area contributed by atoms with Crippen LogP contribution in [0.1, 0.15) is 24.2 Å². The van der Waals surface area contributed by atoms with E-state index in [9.17, 15) is 9.18 Å². The van der Waals surface area contributed by atoms with Crippen molar-refractivity contribution < 1.29 is 13.9 Å². The number of ether oxygens (including phenoxy) is 1. The first-order chi connectivity index (χ1) is 8.91. The minimum Gasteiger partial charge on any atom is -0.367 e. The van der Waals surface area contributed by atoms with Crippen molar-refractivity contribution in [1.82, 2.24) is 4.90 Å². The van der Waals surface area contributed by atoms with Crippen LogP contribution in [-0.4, -0.2) is 41.5 Å². The van der Waals surface area contributed by atoms with Gasteiger partial charge in [0.25, 0.3) is 5.91 Å². The van der Waals surface area contributed by atoms with Crippen molar-refractivity contribution in [2.75, 3.05) is 19.0 Å². The molecule has 1 amide bonds. The van der Waals surface area contributed by atoms with Gasteiger partial charge in [0.2, 0.25) is 0 Å². The van der Waals surface area contributed by atoms with Crippen molar-refractivity contribution in [3.05, 3.63) is 35.6 Å². The molecule has 2 rings (SSSR count). The highest BCUT2D eigenvalue weighted by Crippen LogP contribution is 2.23. The lowest BCUT2D eigenvalue weighted by molar-refractivity contribution is -0.117. The fraction of sp³-hybridized carbons (Fsp3) is 0.500. The molecule has 104 valence electrons. The van der Waals surface area contributed by atoms with Gasteiger partial charge in [-0.25, -0.2) is 4.39 Å². The smallest absolute Gasteiger partial charge is 0.254 e. The van der Waals surface area contributed by atoms with E-state index >= 15 is 0 Å². The Morgan fingerprint density at radius 3 is 2.68 bits per heavy atom. The van der Waals surface area contributed by atoms with Crippen molar-refractivity contribution in [2.24, 2.45) is 0 Å².